The van der Waals surface area contributed by atoms with Crippen LogP contribution in [0.4, 0.5) is 0 Å². The number of hydrogen-bond donors (Lipinski definition) is 2. The lowest BCUT2D eigenvalue weighted by atomic mass is 9.83. The number of carboxylic acids is 1. The summed E-state index contributed by atoms with van der Waals surface area (Å²) in [4.78, 5) is 21.6. The topological polar surface area (TPSA) is 66.4 Å². The third-order valence-corrected chi connectivity index (χ3v) is 2.45. The van der Waals surface area contributed by atoms with Gasteiger partial charge in [-0.25, -0.2) is 0 Å². The monoisotopic (exact) mass is 185 g/mol. The molecular formula is C9H15NO3. The quantitative estimate of drug-likeness (QED) is 0.679. The zero-order valence-electron chi connectivity index (χ0n) is 7.75. The fraction of sp³-hybridized carbons (Fsp3) is 0.778. The summed E-state index contributed by atoms with van der Waals surface area (Å²) in [7, 11) is 0. The molecule has 1 aliphatic carbocycles. The smallest absolute Gasteiger partial charge is 0.325 e. The Labute approximate surface area is 77.3 Å². The summed E-state index contributed by atoms with van der Waals surface area (Å²) in [6, 6.07) is -0.771. The Hall–Kier alpha value is -1.06. The maximum Gasteiger partial charge on any atom is 0.325 e. The van der Waals surface area contributed by atoms with Crippen molar-refractivity contribution in [1.29, 1.82) is 0 Å². The molecule has 1 amide bonds. The Morgan fingerprint density at radius 1 is 1.54 bits per heavy atom. The van der Waals surface area contributed by atoms with Gasteiger partial charge in [-0.05, 0) is 25.7 Å². The van der Waals surface area contributed by atoms with Crippen molar-refractivity contribution in [2.24, 2.45) is 5.92 Å². The molecule has 0 aliphatic heterocycles. The predicted octanol–water partition coefficient (Wildman–Crippen LogP) is 0.766. The molecule has 0 radical (unpaired) electrons. The first-order valence-electron chi connectivity index (χ1n) is 4.61. The van der Waals surface area contributed by atoms with Gasteiger partial charge in [-0.15, -0.1) is 0 Å². The summed E-state index contributed by atoms with van der Waals surface area (Å²) in [5, 5.41) is 11.0. The van der Waals surface area contributed by atoms with Crippen molar-refractivity contribution in [1.82, 2.24) is 5.32 Å². The number of carbonyl (C=O) groups is 2. The van der Waals surface area contributed by atoms with Gasteiger partial charge in [-0.3, -0.25) is 9.59 Å². The van der Waals surface area contributed by atoms with Crippen LogP contribution in [0.5, 0.6) is 0 Å². The molecule has 0 aromatic carbocycles. The van der Waals surface area contributed by atoms with Gasteiger partial charge in [0.2, 0.25) is 5.91 Å². The molecule has 74 valence electrons. The molecule has 1 aliphatic rings. The highest BCUT2D eigenvalue weighted by Crippen LogP contribution is 2.29. The van der Waals surface area contributed by atoms with Gasteiger partial charge in [-0.1, -0.05) is 6.42 Å². The minimum absolute atomic E-state index is 0.139. The van der Waals surface area contributed by atoms with E-state index in [1.165, 1.54) is 13.3 Å². The van der Waals surface area contributed by atoms with Crippen LogP contribution in [0.25, 0.3) is 0 Å². The van der Waals surface area contributed by atoms with Gasteiger partial charge < -0.3 is 10.4 Å². The molecule has 0 spiro atoms. The summed E-state index contributed by atoms with van der Waals surface area (Å²) < 4.78 is 0. The summed E-state index contributed by atoms with van der Waals surface area (Å²) in [6.45, 7) is 1.47. The van der Waals surface area contributed by atoms with Gasteiger partial charge in [0.25, 0.3) is 0 Å². The molecule has 0 bridgehead atoms. The van der Waals surface area contributed by atoms with Crippen molar-refractivity contribution >= 4 is 11.9 Å². The van der Waals surface area contributed by atoms with E-state index in [1.807, 2.05) is 0 Å². The van der Waals surface area contributed by atoms with Crippen LogP contribution in [0, 0.1) is 5.92 Å². The van der Waals surface area contributed by atoms with Gasteiger partial charge in [0.05, 0.1) is 0 Å². The Balaban J connectivity index is 2.19. The van der Waals surface area contributed by atoms with Crippen molar-refractivity contribution in [2.75, 3.05) is 0 Å². The molecule has 1 atom stereocenters. The molecular weight excluding hydrogens is 170 g/mol. The predicted molar refractivity (Wildman–Crippen MR) is 47.2 cm³/mol. The zero-order valence-corrected chi connectivity index (χ0v) is 7.75. The van der Waals surface area contributed by atoms with Crippen LogP contribution < -0.4 is 5.32 Å². The van der Waals surface area contributed by atoms with Crippen molar-refractivity contribution in [3.8, 4) is 0 Å². The maximum atomic E-state index is 11.2. The van der Waals surface area contributed by atoms with Crippen molar-refractivity contribution in [2.45, 2.75) is 38.6 Å². The molecule has 1 fully saturated rings. The van der Waals surface area contributed by atoms with Crippen LogP contribution in [-0.2, 0) is 9.59 Å². The number of hydrogen-bond acceptors (Lipinski definition) is 2. The number of carboxylic acid groups (broad SMARTS) is 1. The number of aliphatic carboxylic acids is 1. The molecule has 0 saturated heterocycles. The van der Waals surface area contributed by atoms with Crippen molar-refractivity contribution in [3.05, 3.63) is 0 Å². The molecule has 0 heterocycles. The second-order valence-electron chi connectivity index (χ2n) is 3.63. The molecule has 0 aromatic heterocycles. The second-order valence-corrected chi connectivity index (χ2v) is 3.63. The highest BCUT2D eigenvalue weighted by Gasteiger charge is 2.22. The molecule has 13 heavy (non-hydrogen) atoms. The van der Waals surface area contributed by atoms with Crippen LogP contribution in [0.1, 0.15) is 32.6 Å². The van der Waals surface area contributed by atoms with Crippen molar-refractivity contribution < 1.29 is 14.7 Å². The maximum absolute atomic E-state index is 11.2. The normalized spacial score (nSPS) is 18.8. The van der Waals surface area contributed by atoms with Gasteiger partial charge in [0.1, 0.15) is 6.04 Å². The molecule has 4 heteroatoms. The zero-order chi connectivity index (χ0) is 9.84. The number of carbonyl (C=O) groups excluding carboxylic acids is 1. The van der Waals surface area contributed by atoms with E-state index in [1.54, 1.807) is 0 Å². The van der Waals surface area contributed by atoms with Crippen LogP contribution in [-0.4, -0.2) is 23.0 Å². The van der Waals surface area contributed by atoms with Crippen LogP contribution >= 0.6 is 0 Å². The van der Waals surface area contributed by atoms with Gasteiger partial charge in [0, 0.05) is 6.42 Å². The molecule has 4 nitrogen and oxygen atoms in total. The highest BCUT2D eigenvalue weighted by atomic mass is 16.4. The largest absolute Gasteiger partial charge is 0.480 e. The summed E-state index contributed by atoms with van der Waals surface area (Å²) in [5.74, 6) is -0.637. The van der Waals surface area contributed by atoms with E-state index in [9.17, 15) is 9.59 Å². The van der Waals surface area contributed by atoms with E-state index < -0.39 is 12.0 Å². The summed E-state index contributed by atoms with van der Waals surface area (Å²) in [5.41, 5.74) is 0. The molecule has 2 N–H and O–H groups in total. The fourth-order valence-electron chi connectivity index (χ4n) is 1.32. The van der Waals surface area contributed by atoms with Crippen LogP contribution in [0.15, 0.2) is 0 Å². The minimum Gasteiger partial charge on any atom is -0.480 e. The molecule has 1 rings (SSSR count). The minimum atomic E-state index is -0.984. The Morgan fingerprint density at radius 2 is 2.15 bits per heavy atom. The van der Waals surface area contributed by atoms with Gasteiger partial charge in [-0.2, -0.15) is 0 Å². The third kappa shape index (κ3) is 3.05. The first kappa shape index (κ1) is 10.0. The Bertz CT molecular complexity index is 211. The number of rotatable bonds is 4. The second kappa shape index (κ2) is 4.25. The lowest BCUT2D eigenvalue weighted by molar-refractivity contribution is -0.141. The van der Waals surface area contributed by atoms with Crippen LogP contribution in [0.2, 0.25) is 0 Å². The standard InChI is InChI=1S/C9H15NO3/c1-6(9(12)13)10-8(11)5-7-3-2-4-7/h6-7H,2-5H2,1H3,(H,10,11)(H,12,13)/t6-/m0/s1. The third-order valence-electron chi connectivity index (χ3n) is 2.45. The molecule has 0 unspecified atom stereocenters. The average molecular weight is 185 g/mol. The average Bonchev–Trinajstić information content (AvgIpc) is 1.96. The van der Waals surface area contributed by atoms with E-state index in [0.29, 0.717) is 12.3 Å². The molecule has 1 saturated carbocycles. The number of amides is 1. The highest BCUT2D eigenvalue weighted by molar-refractivity contribution is 5.83. The first-order chi connectivity index (χ1) is 6.09. The Kier molecular flexibility index (Phi) is 3.28. The van der Waals surface area contributed by atoms with E-state index in [2.05, 4.69) is 5.32 Å². The Morgan fingerprint density at radius 3 is 2.54 bits per heavy atom. The number of nitrogens with one attached hydrogen (secondary N) is 1. The van der Waals surface area contributed by atoms with E-state index in [-0.39, 0.29) is 5.91 Å². The lowest BCUT2D eigenvalue weighted by Crippen LogP contribution is -2.39. The van der Waals surface area contributed by atoms with Gasteiger partial charge >= 0.3 is 5.97 Å². The fourth-order valence-corrected chi connectivity index (χ4v) is 1.32. The van der Waals surface area contributed by atoms with Crippen molar-refractivity contribution in [3.63, 3.8) is 0 Å². The molecule has 0 aromatic rings. The first-order valence-corrected chi connectivity index (χ1v) is 4.61. The SMILES string of the molecule is C[C@H](NC(=O)CC1CCC1)C(=O)O. The van der Waals surface area contributed by atoms with Gasteiger partial charge in [0.15, 0.2) is 0 Å². The van der Waals surface area contributed by atoms with E-state index >= 15 is 0 Å². The summed E-state index contributed by atoms with van der Waals surface area (Å²) >= 11 is 0. The summed E-state index contributed by atoms with van der Waals surface area (Å²) in [6.07, 6.45) is 3.90. The van der Waals surface area contributed by atoms with E-state index in [4.69, 9.17) is 5.11 Å². The van der Waals surface area contributed by atoms with Crippen LogP contribution in [0.3, 0.4) is 0 Å². The lowest BCUT2D eigenvalue weighted by Gasteiger charge is -2.24. The van der Waals surface area contributed by atoms with E-state index in [0.717, 1.165) is 12.8 Å².